The molecule has 0 unspecified atom stereocenters. The van der Waals surface area contributed by atoms with Gasteiger partial charge in [-0.3, -0.25) is 9.59 Å². The number of halogens is 2. The number of rotatable bonds is 10. The topological polar surface area (TPSA) is 58.6 Å². The van der Waals surface area contributed by atoms with E-state index in [2.05, 4.69) is 12.2 Å². The molecule has 0 spiro atoms. The fourth-order valence-electron chi connectivity index (χ4n) is 3.04. The van der Waals surface area contributed by atoms with Gasteiger partial charge in [-0.25, -0.2) is 0 Å². The molecule has 2 aromatic carbocycles. The lowest BCUT2D eigenvalue weighted by Gasteiger charge is -2.29. The number of nitrogens with zero attached hydrogens (tertiary/aromatic N) is 1. The molecule has 7 heteroatoms. The minimum absolute atomic E-state index is 0.174. The molecular formula is C24H30Cl2N2O3. The molecule has 1 atom stereocenters. The molecule has 0 aromatic heterocycles. The van der Waals surface area contributed by atoms with Gasteiger partial charge < -0.3 is 15.0 Å². The molecule has 0 fully saturated rings. The van der Waals surface area contributed by atoms with Crippen molar-refractivity contribution in [1.29, 1.82) is 0 Å². The molecule has 1 N–H and O–H groups in total. The van der Waals surface area contributed by atoms with E-state index in [1.54, 1.807) is 25.1 Å². The van der Waals surface area contributed by atoms with Gasteiger partial charge >= 0.3 is 0 Å². The first-order valence-electron chi connectivity index (χ1n) is 10.4. The molecular weight excluding hydrogens is 435 g/mol. The Hall–Kier alpha value is -2.24. The van der Waals surface area contributed by atoms with E-state index in [9.17, 15) is 9.59 Å². The third kappa shape index (κ3) is 7.44. The maximum atomic E-state index is 13.1. The van der Waals surface area contributed by atoms with Gasteiger partial charge in [-0.1, -0.05) is 54.7 Å². The number of aryl methyl sites for hydroxylation is 2. The van der Waals surface area contributed by atoms with Crippen molar-refractivity contribution in [2.75, 3.05) is 13.2 Å². The summed E-state index contributed by atoms with van der Waals surface area (Å²) in [4.78, 5) is 27.3. The molecule has 0 radical (unpaired) electrons. The van der Waals surface area contributed by atoms with Crippen LogP contribution in [0.2, 0.25) is 10.0 Å². The van der Waals surface area contributed by atoms with Gasteiger partial charge in [0.25, 0.3) is 5.91 Å². The second-order valence-electron chi connectivity index (χ2n) is 7.64. The Morgan fingerprint density at radius 3 is 2.55 bits per heavy atom. The first kappa shape index (κ1) is 25.0. The van der Waals surface area contributed by atoms with Crippen LogP contribution in [0.25, 0.3) is 0 Å². The van der Waals surface area contributed by atoms with Crippen molar-refractivity contribution in [1.82, 2.24) is 10.2 Å². The van der Waals surface area contributed by atoms with Gasteiger partial charge in [-0.05, 0) is 62.1 Å². The summed E-state index contributed by atoms with van der Waals surface area (Å²) in [6.07, 6.45) is 1.85. The number of benzene rings is 2. The summed E-state index contributed by atoms with van der Waals surface area (Å²) in [7, 11) is 0. The predicted molar refractivity (Wildman–Crippen MR) is 126 cm³/mol. The van der Waals surface area contributed by atoms with Crippen LogP contribution in [0, 0.1) is 13.8 Å². The quantitative estimate of drug-likeness (QED) is 0.483. The first-order chi connectivity index (χ1) is 14.7. The highest BCUT2D eigenvalue weighted by molar-refractivity contribution is 6.35. The summed E-state index contributed by atoms with van der Waals surface area (Å²) < 4.78 is 5.80. The standard InChI is InChI=1S/C24H30Cl2N2O3/c1-5-6-11-27-24(30)18(4)28(14-19-9-10-20(25)13-21(19)26)23(29)15-31-22-12-16(2)7-8-17(22)3/h7-10,12-13,18H,5-6,11,14-15H2,1-4H3,(H,27,30)/t18-/m1/s1. The van der Waals surface area contributed by atoms with Crippen LogP contribution in [-0.4, -0.2) is 35.9 Å². The Morgan fingerprint density at radius 1 is 1.13 bits per heavy atom. The third-order valence-electron chi connectivity index (χ3n) is 5.05. The number of hydrogen-bond donors (Lipinski definition) is 1. The summed E-state index contributed by atoms with van der Waals surface area (Å²) in [5.74, 6) is 0.140. The molecule has 0 bridgehead atoms. The minimum atomic E-state index is -0.682. The number of carbonyl (C=O) groups is 2. The van der Waals surface area contributed by atoms with Crippen LogP contribution in [0.1, 0.15) is 43.4 Å². The number of ether oxygens (including phenoxy) is 1. The van der Waals surface area contributed by atoms with Gasteiger partial charge in [0.2, 0.25) is 5.91 Å². The number of hydrogen-bond acceptors (Lipinski definition) is 3. The van der Waals surface area contributed by atoms with Crippen molar-refractivity contribution in [3.8, 4) is 5.75 Å². The molecule has 0 aliphatic heterocycles. The normalized spacial score (nSPS) is 11.7. The summed E-state index contributed by atoms with van der Waals surface area (Å²) >= 11 is 12.3. The summed E-state index contributed by atoms with van der Waals surface area (Å²) in [6, 6.07) is 10.2. The van der Waals surface area contributed by atoms with E-state index < -0.39 is 6.04 Å². The van der Waals surface area contributed by atoms with E-state index in [0.29, 0.717) is 27.9 Å². The van der Waals surface area contributed by atoms with Crippen LogP contribution >= 0.6 is 23.2 Å². The molecule has 0 saturated heterocycles. The SMILES string of the molecule is CCCCNC(=O)[C@@H](C)N(Cc1ccc(Cl)cc1Cl)C(=O)COc1cc(C)ccc1C. The summed E-state index contributed by atoms with van der Waals surface area (Å²) in [6.45, 7) is 8.22. The van der Waals surface area contributed by atoms with Gasteiger partial charge in [0.1, 0.15) is 11.8 Å². The zero-order valence-corrected chi connectivity index (χ0v) is 20.0. The van der Waals surface area contributed by atoms with Crippen molar-refractivity contribution >= 4 is 35.0 Å². The predicted octanol–water partition coefficient (Wildman–Crippen LogP) is 5.32. The average Bonchev–Trinajstić information content (AvgIpc) is 2.73. The molecule has 2 amide bonds. The highest BCUT2D eigenvalue weighted by Gasteiger charge is 2.27. The minimum Gasteiger partial charge on any atom is -0.483 e. The molecule has 168 valence electrons. The number of carbonyl (C=O) groups excluding carboxylic acids is 2. The van der Waals surface area contributed by atoms with E-state index in [0.717, 1.165) is 24.0 Å². The fourth-order valence-corrected chi connectivity index (χ4v) is 3.51. The van der Waals surface area contributed by atoms with E-state index >= 15 is 0 Å². The Kier molecular flexibility index (Phi) is 9.66. The van der Waals surface area contributed by atoms with Gasteiger partial charge in [0.05, 0.1) is 0 Å². The molecule has 31 heavy (non-hydrogen) atoms. The lowest BCUT2D eigenvalue weighted by molar-refractivity contribution is -0.142. The fraction of sp³-hybridized carbons (Fsp3) is 0.417. The monoisotopic (exact) mass is 464 g/mol. The molecule has 0 aliphatic rings. The van der Waals surface area contributed by atoms with Gasteiger partial charge in [0.15, 0.2) is 6.61 Å². The molecule has 2 rings (SSSR count). The van der Waals surface area contributed by atoms with Crippen LogP contribution in [0.5, 0.6) is 5.75 Å². The van der Waals surface area contributed by atoms with E-state index in [-0.39, 0.29) is 25.0 Å². The van der Waals surface area contributed by atoms with Crippen molar-refractivity contribution in [2.45, 2.75) is 53.1 Å². The van der Waals surface area contributed by atoms with Crippen LogP contribution in [0.15, 0.2) is 36.4 Å². The highest BCUT2D eigenvalue weighted by atomic mass is 35.5. The van der Waals surface area contributed by atoms with Crippen molar-refractivity contribution in [3.63, 3.8) is 0 Å². The van der Waals surface area contributed by atoms with Gasteiger partial charge in [-0.15, -0.1) is 0 Å². The maximum absolute atomic E-state index is 13.1. The van der Waals surface area contributed by atoms with Crippen molar-refractivity contribution in [2.24, 2.45) is 0 Å². The second-order valence-corrected chi connectivity index (χ2v) is 8.48. The van der Waals surface area contributed by atoms with E-state index in [1.807, 2.05) is 32.0 Å². The van der Waals surface area contributed by atoms with Crippen molar-refractivity contribution in [3.05, 3.63) is 63.1 Å². The van der Waals surface area contributed by atoms with E-state index in [4.69, 9.17) is 27.9 Å². The summed E-state index contributed by atoms with van der Waals surface area (Å²) in [5, 5.41) is 3.84. The van der Waals surface area contributed by atoms with E-state index in [1.165, 1.54) is 4.90 Å². The zero-order chi connectivity index (χ0) is 23.0. The number of unbranched alkanes of at least 4 members (excludes halogenated alkanes) is 1. The summed E-state index contributed by atoms with van der Waals surface area (Å²) in [5.41, 5.74) is 2.69. The van der Waals surface area contributed by atoms with Crippen LogP contribution in [0.4, 0.5) is 0 Å². The average molecular weight is 465 g/mol. The second kappa shape index (κ2) is 12.0. The first-order valence-corrected chi connectivity index (χ1v) is 11.2. The Balaban J connectivity index is 2.19. The Bertz CT molecular complexity index is 918. The largest absolute Gasteiger partial charge is 0.483 e. The molecule has 0 aliphatic carbocycles. The maximum Gasteiger partial charge on any atom is 0.261 e. The number of nitrogens with one attached hydrogen (secondary N) is 1. The van der Waals surface area contributed by atoms with Crippen LogP contribution < -0.4 is 10.1 Å². The molecule has 2 aromatic rings. The van der Waals surface area contributed by atoms with Gasteiger partial charge in [-0.2, -0.15) is 0 Å². The van der Waals surface area contributed by atoms with Crippen LogP contribution in [-0.2, 0) is 16.1 Å². The molecule has 0 saturated carbocycles. The third-order valence-corrected chi connectivity index (χ3v) is 5.63. The lowest BCUT2D eigenvalue weighted by Crippen LogP contribution is -2.49. The van der Waals surface area contributed by atoms with Gasteiger partial charge in [0, 0.05) is 23.1 Å². The zero-order valence-electron chi connectivity index (χ0n) is 18.5. The molecule has 0 heterocycles. The number of amides is 2. The highest BCUT2D eigenvalue weighted by Crippen LogP contribution is 2.24. The lowest BCUT2D eigenvalue weighted by atomic mass is 10.1. The Morgan fingerprint density at radius 2 is 1.87 bits per heavy atom. The van der Waals surface area contributed by atoms with Crippen LogP contribution in [0.3, 0.4) is 0 Å². The Labute approximate surface area is 194 Å². The molecule has 5 nitrogen and oxygen atoms in total. The smallest absolute Gasteiger partial charge is 0.261 e. The van der Waals surface area contributed by atoms with Crippen molar-refractivity contribution < 1.29 is 14.3 Å².